The van der Waals surface area contributed by atoms with Crippen LogP contribution in [0.2, 0.25) is 0 Å². The largest absolute Gasteiger partial charge is 0.455 e. The number of nitro groups is 1. The molecule has 0 aliphatic carbocycles. The van der Waals surface area contributed by atoms with Gasteiger partial charge in [-0.15, -0.1) is 0 Å². The molecule has 0 bridgehead atoms. The lowest BCUT2D eigenvalue weighted by Gasteiger charge is -2.03. The molecule has 0 unspecified atom stereocenters. The highest BCUT2D eigenvalue weighted by atomic mass is 16.6. The maximum absolute atomic E-state index is 12.1. The minimum Gasteiger partial charge on any atom is -0.455 e. The van der Waals surface area contributed by atoms with Gasteiger partial charge < -0.3 is 9.73 Å². The molecule has 1 heterocycles. The molecule has 2 aromatic carbocycles. The number of anilines is 1. The van der Waals surface area contributed by atoms with Gasteiger partial charge in [0.2, 0.25) is 5.91 Å². The van der Waals surface area contributed by atoms with Crippen molar-refractivity contribution in [1.29, 1.82) is 0 Å². The van der Waals surface area contributed by atoms with Crippen LogP contribution in [0.15, 0.2) is 64.1 Å². The van der Waals surface area contributed by atoms with Crippen molar-refractivity contribution in [2.75, 3.05) is 5.32 Å². The summed E-state index contributed by atoms with van der Waals surface area (Å²) in [6, 6.07) is 14.3. The first-order valence-electron chi connectivity index (χ1n) is 8.90. The van der Waals surface area contributed by atoms with Crippen molar-refractivity contribution < 1.29 is 18.9 Å². The van der Waals surface area contributed by atoms with Gasteiger partial charge >= 0.3 is 0 Å². The highest BCUT2D eigenvalue weighted by Crippen LogP contribution is 2.28. The first-order valence-corrected chi connectivity index (χ1v) is 8.90. The van der Waals surface area contributed by atoms with Crippen molar-refractivity contribution in [2.24, 2.45) is 5.10 Å². The Bertz CT molecular complexity index is 1130. The number of aryl methyl sites for hydroxylation is 1. The second kappa shape index (κ2) is 8.82. The van der Waals surface area contributed by atoms with Crippen LogP contribution in [0.1, 0.15) is 28.6 Å². The smallest absolute Gasteiger partial charge is 0.271 e. The Morgan fingerprint density at radius 1 is 1.10 bits per heavy atom. The summed E-state index contributed by atoms with van der Waals surface area (Å²) in [6.07, 6.45) is 1.35. The SMILES string of the molecule is CC(=O)Nc1ccc(C(=O)NN=Cc2ccc(-c3ccc([N+](=O)[O-])cc3C)o2)cc1. The van der Waals surface area contributed by atoms with Crippen LogP contribution in [-0.2, 0) is 4.79 Å². The molecule has 3 aromatic rings. The van der Waals surface area contributed by atoms with Crippen LogP contribution >= 0.6 is 0 Å². The van der Waals surface area contributed by atoms with E-state index in [1.165, 1.54) is 25.3 Å². The molecule has 152 valence electrons. The molecule has 1 aromatic heterocycles. The Morgan fingerprint density at radius 3 is 2.47 bits per heavy atom. The van der Waals surface area contributed by atoms with Gasteiger partial charge in [0.15, 0.2) is 0 Å². The Hall–Kier alpha value is -4.27. The third kappa shape index (κ3) is 4.96. The van der Waals surface area contributed by atoms with Gasteiger partial charge in [-0.05, 0) is 55.0 Å². The monoisotopic (exact) mass is 406 g/mol. The number of nitro benzene ring substituents is 1. The van der Waals surface area contributed by atoms with Crippen LogP contribution in [0.3, 0.4) is 0 Å². The van der Waals surface area contributed by atoms with Crippen LogP contribution in [0, 0.1) is 17.0 Å². The van der Waals surface area contributed by atoms with Gasteiger partial charge in [0, 0.05) is 35.9 Å². The minimum atomic E-state index is -0.451. The Labute approximate surface area is 171 Å². The number of hydrogen-bond donors (Lipinski definition) is 2. The molecular formula is C21H18N4O5. The van der Waals surface area contributed by atoms with Gasteiger partial charge in [0.05, 0.1) is 11.1 Å². The highest BCUT2D eigenvalue weighted by Gasteiger charge is 2.12. The van der Waals surface area contributed by atoms with Crippen LogP contribution in [0.25, 0.3) is 11.3 Å². The third-order valence-electron chi connectivity index (χ3n) is 4.14. The van der Waals surface area contributed by atoms with E-state index in [9.17, 15) is 19.7 Å². The molecule has 2 N–H and O–H groups in total. The molecule has 2 amide bonds. The summed E-state index contributed by atoms with van der Waals surface area (Å²) in [5, 5.41) is 17.3. The molecule has 9 nitrogen and oxygen atoms in total. The lowest BCUT2D eigenvalue weighted by atomic mass is 10.1. The molecule has 0 atom stereocenters. The van der Waals surface area contributed by atoms with Gasteiger partial charge in [-0.2, -0.15) is 5.10 Å². The lowest BCUT2D eigenvalue weighted by molar-refractivity contribution is -0.384. The molecule has 3 rings (SSSR count). The van der Waals surface area contributed by atoms with Crippen molar-refractivity contribution >= 4 is 29.4 Å². The number of nitrogens with zero attached hydrogens (tertiary/aromatic N) is 2. The predicted octanol–water partition coefficient (Wildman–Crippen LogP) is 3.89. The maximum Gasteiger partial charge on any atom is 0.271 e. The van der Waals surface area contributed by atoms with E-state index in [1.54, 1.807) is 49.4 Å². The summed E-state index contributed by atoms with van der Waals surface area (Å²) in [4.78, 5) is 33.5. The summed E-state index contributed by atoms with van der Waals surface area (Å²) < 4.78 is 5.68. The zero-order valence-electron chi connectivity index (χ0n) is 16.2. The lowest BCUT2D eigenvalue weighted by Crippen LogP contribution is -2.17. The summed E-state index contributed by atoms with van der Waals surface area (Å²) in [5.74, 6) is 0.324. The second-order valence-corrected chi connectivity index (χ2v) is 6.42. The van der Waals surface area contributed by atoms with E-state index in [-0.39, 0.29) is 11.6 Å². The number of carbonyl (C=O) groups excluding carboxylic acids is 2. The summed E-state index contributed by atoms with van der Waals surface area (Å²) in [5.41, 5.74) is 4.81. The van der Waals surface area contributed by atoms with Gasteiger partial charge in [0.25, 0.3) is 11.6 Å². The number of rotatable bonds is 6. The standard InChI is InChI=1S/C21H18N4O5/c1-13-11-17(25(28)29)7-9-19(13)20-10-8-18(30-20)12-22-24-21(27)15-3-5-16(6-4-15)23-14(2)26/h3-12H,1-2H3,(H,23,26)(H,24,27). The molecule has 0 saturated carbocycles. The molecule has 0 aliphatic heterocycles. The van der Waals surface area contributed by atoms with E-state index in [2.05, 4.69) is 15.8 Å². The van der Waals surface area contributed by atoms with Crippen LogP contribution < -0.4 is 10.7 Å². The first kappa shape index (κ1) is 20.5. The molecule has 0 radical (unpaired) electrons. The van der Waals surface area contributed by atoms with Crippen molar-refractivity contribution in [2.45, 2.75) is 13.8 Å². The average Bonchev–Trinajstić information content (AvgIpc) is 3.16. The second-order valence-electron chi connectivity index (χ2n) is 6.42. The van der Waals surface area contributed by atoms with E-state index >= 15 is 0 Å². The number of nitrogens with one attached hydrogen (secondary N) is 2. The number of non-ortho nitro benzene ring substituents is 1. The number of furan rings is 1. The molecule has 0 fully saturated rings. The van der Waals surface area contributed by atoms with Crippen molar-refractivity contribution in [1.82, 2.24) is 5.43 Å². The van der Waals surface area contributed by atoms with Gasteiger partial charge in [-0.1, -0.05) is 0 Å². The molecular weight excluding hydrogens is 388 g/mol. The molecule has 30 heavy (non-hydrogen) atoms. The van der Waals surface area contributed by atoms with Crippen molar-refractivity contribution in [3.05, 3.63) is 81.6 Å². The summed E-state index contributed by atoms with van der Waals surface area (Å²) >= 11 is 0. The van der Waals surface area contributed by atoms with Gasteiger partial charge in [-0.25, -0.2) is 5.43 Å². The number of hydrazone groups is 1. The minimum absolute atomic E-state index is 0.0115. The zero-order valence-corrected chi connectivity index (χ0v) is 16.2. The number of benzene rings is 2. The quantitative estimate of drug-likeness (QED) is 0.365. The molecule has 9 heteroatoms. The fourth-order valence-electron chi connectivity index (χ4n) is 2.73. The van der Waals surface area contributed by atoms with Gasteiger partial charge in [-0.3, -0.25) is 19.7 Å². The fraction of sp³-hybridized carbons (Fsp3) is 0.0952. The van der Waals surface area contributed by atoms with E-state index in [4.69, 9.17) is 4.42 Å². The molecule has 0 aliphatic rings. The van der Waals surface area contributed by atoms with E-state index in [0.29, 0.717) is 28.3 Å². The Balaban J connectivity index is 1.64. The highest BCUT2D eigenvalue weighted by molar-refractivity contribution is 5.96. The van der Waals surface area contributed by atoms with Crippen LogP contribution in [0.4, 0.5) is 11.4 Å². The summed E-state index contributed by atoms with van der Waals surface area (Å²) in [6.45, 7) is 3.16. The number of carbonyl (C=O) groups is 2. The van der Waals surface area contributed by atoms with E-state index in [0.717, 1.165) is 5.56 Å². The summed E-state index contributed by atoms with van der Waals surface area (Å²) in [7, 11) is 0. The Morgan fingerprint density at radius 2 is 1.83 bits per heavy atom. The van der Waals surface area contributed by atoms with Crippen molar-refractivity contribution in [3.63, 3.8) is 0 Å². The first-order chi connectivity index (χ1) is 14.3. The number of amides is 2. The molecule has 0 saturated heterocycles. The van der Waals surface area contributed by atoms with E-state index < -0.39 is 10.8 Å². The Kier molecular flexibility index (Phi) is 6.02. The normalized spacial score (nSPS) is 10.7. The zero-order chi connectivity index (χ0) is 21.7. The van der Waals surface area contributed by atoms with Crippen LogP contribution in [0.5, 0.6) is 0 Å². The third-order valence-corrected chi connectivity index (χ3v) is 4.14. The van der Waals surface area contributed by atoms with Crippen molar-refractivity contribution in [3.8, 4) is 11.3 Å². The van der Waals surface area contributed by atoms with Gasteiger partial charge in [0.1, 0.15) is 11.5 Å². The predicted molar refractivity (Wildman–Crippen MR) is 111 cm³/mol. The fourth-order valence-corrected chi connectivity index (χ4v) is 2.73. The van der Waals surface area contributed by atoms with E-state index in [1.807, 2.05) is 0 Å². The topological polar surface area (TPSA) is 127 Å². The maximum atomic E-state index is 12.1. The molecule has 0 spiro atoms. The average molecular weight is 406 g/mol. The number of hydrogen-bond acceptors (Lipinski definition) is 6. The van der Waals surface area contributed by atoms with Crippen LogP contribution in [-0.4, -0.2) is 23.0 Å².